The molecule has 0 unspecified atom stereocenters. The Morgan fingerprint density at radius 3 is 2.27 bits per heavy atom. The summed E-state index contributed by atoms with van der Waals surface area (Å²) in [6, 6.07) is 0.352. The molecule has 0 spiro atoms. The van der Waals surface area contributed by atoms with Gasteiger partial charge in [-0.25, -0.2) is 21.5 Å². The average molecular weight is 340 g/mol. The first kappa shape index (κ1) is 19.8. The van der Waals surface area contributed by atoms with E-state index in [0.29, 0.717) is 19.1 Å². The van der Waals surface area contributed by atoms with Crippen molar-refractivity contribution in [2.75, 3.05) is 32.9 Å². The molecule has 0 aromatic carbocycles. The highest BCUT2D eigenvalue weighted by molar-refractivity contribution is 7.89. The molecule has 22 heavy (non-hydrogen) atoms. The summed E-state index contributed by atoms with van der Waals surface area (Å²) in [6.07, 6.45) is 2.11. The van der Waals surface area contributed by atoms with Crippen LogP contribution >= 0.6 is 0 Å². The van der Waals surface area contributed by atoms with Crippen molar-refractivity contribution in [2.45, 2.75) is 58.4 Å². The fourth-order valence-corrected chi connectivity index (χ4v) is 5.08. The maximum atomic E-state index is 14.0. The van der Waals surface area contributed by atoms with E-state index in [1.165, 1.54) is 25.1 Å². The fraction of sp³-hybridized carbons (Fsp3) is 1.00. The molecule has 0 aromatic heterocycles. The summed E-state index contributed by atoms with van der Waals surface area (Å²) in [5, 5.41) is 0. The lowest BCUT2D eigenvalue weighted by Gasteiger charge is -2.35. The van der Waals surface area contributed by atoms with Crippen LogP contribution in [0.4, 0.5) is 8.78 Å². The van der Waals surface area contributed by atoms with E-state index < -0.39 is 27.1 Å². The summed E-state index contributed by atoms with van der Waals surface area (Å²) in [4.78, 5) is 2.10. The van der Waals surface area contributed by atoms with Gasteiger partial charge in [-0.15, -0.1) is 0 Å². The largest absolute Gasteiger partial charge is 0.306 e. The van der Waals surface area contributed by atoms with Crippen LogP contribution in [-0.2, 0) is 10.0 Å². The Kier molecular flexibility index (Phi) is 6.38. The minimum Gasteiger partial charge on any atom is -0.306 e. The molecule has 1 heterocycles. The van der Waals surface area contributed by atoms with Gasteiger partial charge < -0.3 is 4.90 Å². The van der Waals surface area contributed by atoms with Crippen molar-refractivity contribution >= 4 is 10.0 Å². The number of halogens is 2. The Balaban J connectivity index is 2.82. The monoisotopic (exact) mass is 340 g/mol. The summed E-state index contributed by atoms with van der Waals surface area (Å²) in [5.74, 6) is -3.49. The predicted molar refractivity (Wildman–Crippen MR) is 85.7 cm³/mol. The van der Waals surface area contributed by atoms with Gasteiger partial charge in [0.15, 0.2) is 0 Å². The van der Waals surface area contributed by atoms with E-state index in [0.717, 1.165) is 19.3 Å². The van der Waals surface area contributed by atoms with E-state index in [4.69, 9.17) is 0 Å². The summed E-state index contributed by atoms with van der Waals surface area (Å²) in [6.45, 7) is 4.92. The van der Waals surface area contributed by atoms with Gasteiger partial charge in [0, 0.05) is 31.0 Å². The van der Waals surface area contributed by atoms with Gasteiger partial charge in [0.1, 0.15) is 0 Å². The quantitative estimate of drug-likeness (QED) is 0.746. The van der Waals surface area contributed by atoms with E-state index in [1.54, 1.807) is 0 Å². The Bertz CT molecular complexity index is 464. The molecule has 0 radical (unpaired) electrons. The van der Waals surface area contributed by atoms with E-state index >= 15 is 0 Å². The van der Waals surface area contributed by atoms with Crippen molar-refractivity contribution in [3.8, 4) is 0 Å². The van der Waals surface area contributed by atoms with Crippen molar-refractivity contribution < 1.29 is 17.2 Å². The van der Waals surface area contributed by atoms with Gasteiger partial charge in [-0.3, -0.25) is 0 Å². The maximum absolute atomic E-state index is 14.0. The smallest absolute Gasteiger partial charge is 0.253 e. The van der Waals surface area contributed by atoms with Crippen LogP contribution in [0, 0.1) is 5.41 Å². The minimum absolute atomic E-state index is 0.349. The summed E-state index contributed by atoms with van der Waals surface area (Å²) in [7, 11) is 0.300. The highest BCUT2D eigenvalue weighted by Crippen LogP contribution is 2.40. The first-order valence-electron chi connectivity index (χ1n) is 7.95. The van der Waals surface area contributed by atoms with Crippen LogP contribution in [0.3, 0.4) is 0 Å². The molecule has 0 aliphatic carbocycles. The van der Waals surface area contributed by atoms with Gasteiger partial charge in [-0.05, 0) is 33.4 Å². The van der Waals surface area contributed by atoms with Crippen LogP contribution in [0.5, 0.6) is 0 Å². The second-order valence-corrected chi connectivity index (χ2v) is 9.11. The summed E-state index contributed by atoms with van der Waals surface area (Å²) in [5.41, 5.74) is -1.56. The number of rotatable bonds is 6. The van der Waals surface area contributed by atoms with Crippen LogP contribution in [0.25, 0.3) is 0 Å². The van der Waals surface area contributed by atoms with Gasteiger partial charge in [0.2, 0.25) is 10.0 Å². The van der Waals surface area contributed by atoms with Crippen LogP contribution in [-0.4, -0.2) is 62.5 Å². The van der Waals surface area contributed by atoms with E-state index in [-0.39, 0.29) is 6.42 Å². The van der Waals surface area contributed by atoms with Crippen molar-refractivity contribution in [1.29, 1.82) is 0 Å². The van der Waals surface area contributed by atoms with Gasteiger partial charge in [0.25, 0.3) is 5.92 Å². The molecule has 0 N–H and O–H groups in total. The number of nitrogens with zero attached hydrogens (tertiary/aromatic N) is 2. The third-order valence-electron chi connectivity index (χ3n) is 4.76. The molecule has 1 aliphatic heterocycles. The van der Waals surface area contributed by atoms with Crippen molar-refractivity contribution in [3.05, 3.63) is 0 Å². The van der Waals surface area contributed by atoms with Gasteiger partial charge in [-0.2, -0.15) is 0 Å². The first-order valence-corrected chi connectivity index (χ1v) is 9.56. The molecule has 1 saturated heterocycles. The van der Waals surface area contributed by atoms with Crippen molar-refractivity contribution in [2.24, 2.45) is 5.41 Å². The zero-order valence-electron chi connectivity index (χ0n) is 14.4. The van der Waals surface area contributed by atoms with Crippen LogP contribution in [0.15, 0.2) is 0 Å². The molecule has 1 atom stereocenters. The lowest BCUT2D eigenvalue weighted by atomic mass is 9.86. The van der Waals surface area contributed by atoms with Gasteiger partial charge >= 0.3 is 0 Å². The highest BCUT2D eigenvalue weighted by atomic mass is 32.2. The zero-order valence-corrected chi connectivity index (χ0v) is 15.2. The highest BCUT2D eigenvalue weighted by Gasteiger charge is 2.48. The van der Waals surface area contributed by atoms with E-state index in [9.17, 15) is 17.2 Å². The number of hydrogen-bond acceptors (Lipinski definition) is 3. The molecule has 0 saturated carbocycles. The minimum atomic E-state index is -3.67. The number of sulfonamides is 1. The molecule has 0 amide bonds. The SMILES string of the molecule is CCC(F)(F)C(C)(C)CS(=O)(=O)N1CCC[C@H](N(C)C)CC1. The van der Waals surface area contributed by atoms with E-state index in [2.05, 4.69) is 4.90 Å². The Labute approximate surface area is 133 Å². The van der Waals surface area contributed by atoms with Crippen LogP contribution < -0.4 is 0 Å². The van der Waals surface area contributed by atoms with Crippen molar-refractivity contribution in [3.63, 3.8) is 0 Å². The van der Waals surface area contributed by atoms with E-state index in [1.807, 2.05) is 14.1 Å². The Hall–Kier alpha value is -0.270. The van der Waals surface area contributed by atoms with Crippen molar-refractivity contribution in [1.82, 2.24) is 9.21 Å². The molecule has 1 fully saturated rings. The fourth-order valence-electron chi connectivity index (χ4n) is 2.98. The second-order valence-electron chi connectivity index (χ2n) is 7.15. The molecule has 1 rings (SSSR count). The third-order valence-corrected chi connectivity index (χ3v) is 7.00. The molecule has 132 valence electrons. The molecular weight excluding hydrogens is 310 g/mol. The average Bonchev–Trinajstić information content (AvgIpc) is 2.63. The molecule has 0 bridgehead atoms. The lowest BCUT2D eigenvalue weighted by molar-refractivity contribution is -0.0972. The molecule has 0 aromatic rings. The molecule has 7 heteroatoms. The molecule has 4 nitrogen and oxygen atoms in total. The van der Waals surface area contributed by atoms with Crippen LogP contribution in [0.1, 0.15) is 46.5 Å². The lowest BCUT2D eigenvalue weighted by Crippen LogP contribution is -2.46. The van der Waals surface area contributed by atoms with Gasteiger partial charge in [-0.1, -0.05) is 20.8 Å². The first-order chi connectivity index (χ1) is 9.93. The number of hydrogen-bond donors (Lipinski definition) is 0. The molecule has 1 aliphatic rings. The second kappa shape index (κ2) is 7.09. The zero-order chi connectivity index (χ0) is 17.2. The third kappa shape index (κ3) is 4.61. The molecular formula is C15H30F2N2O2S. The predicted octanol–water partition coefficient (Wildman–Crippen LogP) is 2.80. The maximum Gasteiger partial charge on any atom is 0.253 e. The Morgan fingerprint density at radius 2 is 1.77 bits per heavy atom. The summed E-state index contributed by atoms with van der Waals surface area (Å²) < 4.78 is 54.5. The Morgan fingerprint density at radius 1 is 1.18 bits per heavy atom. The standard InChI is InChI=1S/C15H30F2N2O2S/c1-6-15(16,17)14(2,3)12-22(20,21)19-10-7-8-13(9-11-19)18(4)5/h13H,6-12H2,1-5H3/t13-/m0/s1. The van der Waals surface area contributed by atoms with Crippen LogP contribution in [0.2, 0.25) is 0 Å². The normalized spacial score (nSPS) is 22.8. The van der Waals surface area contributed by atoms with Gasteiger partial charge in [0.05, 0.1) is 5.75 Å². The number of alkyl halides is 2. The summed E-state index contributed by atoms with van der Waals surface area (Å²) >= 11 is 0. The topological polar surface area (TPSA) is 40.6 Å².